The molecule has 0 aliphatic carbocycles. The van der Waals surface area contributed by atoms with Gasteiger partial charge in [0.1, 0.15) is 0 Å². The Morgan fingerprint density at radius 3 is 2.14 bits per heavy atom. The number of nitrogens with zero attached hydrogens (tertiary/aromatic N) is 1. The summed E-state index contributed by atoms with van der Waals surface area (Å²) in [6.45, 7) is 0. The Balaban J connectivity index is 0. The van der Waals surface area contributed by atoms with Gasteiger partial charge in [0.15, 0.2) is 0 Å². The Hall–Kier alpha value is -0.442. The van der Waals surface area contributed by atoms with E-state index in [1.54, 1.807) is 0 Å². The first-order valence-corrected chi connectivity index (χ1v) is 1.15. The minimum Gasteiger partial charge on any atom is -0.350 e. The summed E-state index contributed by atoms with van der Waals surface area (Å²) in [6.07, 6.45) is 0. The van der Waals surface area contributed by atoms with Gasteiger partial charge in [0, 0.05) is 21.1 Å². The topological polar surface area (TPSA) is 84.6 Å². The van der Waals surface area contributed by atoms with Crippen LogP contribution >= 0.6 is 0 Å². The SMILES string of the molecule is NC(=O)NN=O.[Pt]. The van der Waals surface area contributed by atoms with E-state index in [2.05, 4.69) is 5.73 Å². The van der Waals surface area contributed by atoms with Crippen molar-refractivity contribution in [3.63, 3.8) is 0 Å². The Kier molecular flexibility index (Phi) is 7.74. The summed E-state index contributed by atoms with van der Waals surface area (Å²) in [7, 11) is 0. The van der Waals surface area contributed by atoms with Gasteiger partial charge >= 0.3 is 6.03 Å². The summed E-state index contributed by atoms with van der Waals surface area (Å²) in [5.41, 5.74) is 5.78. The average molecular weight is 284 g/mol. The number of carbonyl (C=O) groups excluding carboxylic acids is 1. The summed E-state index contributed by atoms with van der Waals surface area (Å²) >= 11 is 0. The fourth-order valence-corrected chi connectivity index (χ4v) is 0.0450. The zero-order chi connectivity index (χ0) is 4.99. The van der Waals surface area contributed by atoms with Crippen molar-refractivity contribution in [2.24, 2.45) is 11.0 Å². The van der Waals surface area contributed by atoms with Crippen LogP contribution in [0.15, 0.2) is 5.29 Å². The summed E-state index contributed by atoms with van der Waals surface area (Å²) in [4.78, 5) is 18.4. The first-order chi connectivity index (χ1) is 2.77. The molecule has 0 aromatic heterocycles. The molecule has 0 radical (unpaired) electrons. The zero-order valence-electron chi connectivity index (χ0n) is 3.16. The van der Waals surface area contributed by atoms with Gasteiger partial charge in [-0.3, -0.25) is 0 Å². The molecular formula is CH3N3O2Pt. The molecule has 0 heterocycles. The normalized spacial score (nSPS) is 5.71. The third kappa shape index (κ3) is 10.8. The fourth-order valence-electron chi connectivity index (χ4n) is 0.0450. The van der Waals surface area contributed by atoms with Crippen LogP contribution in [-0.2, 0) is 21.1 Å². The number of carbonyl (C=O) groups is 1. The number of urea groups is 1. The Morgan fingerprint density at radius 1 is 1.71 bits per heavy atom. The molecule has 0 aromatic rings. The van der Waals surface area contributed by atoms with Crippen molar-refractivity contribution >= 4 is 6.03 Å². The molecule has 2 amide bonds. The molecule has 0 fully saturated rings. The Morgan fingerprint density at radius 2 is 2.14 bits per heavy atom. The molecule has 0 atom stereocenters. The van der Waals surface area contributed by atoms with Crippen molar-refractivity contribution < 1.29 is 25.9 Å². The third-order valence-electron chi connectivity index (χ3n) is 0.156. The molecule has 0 unspecified atom stereocenters. The zero-order valence-corrected chi connectivity index (χ0v) is 5.43. The van der Waals surface area contributed by atoms with E-state index in [9.17, 15) is 4.79 Å². The first kappa shape index (κ1) is 9.75. The number of hydrogen-bond acceptors (Lipinski definition) is 3. The van der Waals surface area contributed by atoms with Crippen molar-refractivity contribution in [3.05, 3.63) is 4.91 Å². The molecule has 0 bridgehead atoms. The van der Waals surface area contributed by atoms with Crippen LogP contribution in [0.25, 0.3) is 0 Å². The van der Waals surface area contributed by atoms with Gasteiger partial charge in [0.25, 0.3) is 0 Å². The van der Waals surface area contributed by atoms with Crippen LogP contribution in [0.5, 0.6) is 0 Å². The van der Waals surface area contributed by atoms with Crippen LogP contribution < -0.4 is 11.2 Å². The van der Waals surface area contributed by atoms with E-state index in [-0.39, 0.29) is 21.1 Å². The number of rotatable bonds is 1. The van der Waals surface area contributed by atoms with Crippen molar-refractivity contribution in [2.45, 2.75) is 0 Å². The molecule has 3 N–H and O–H groups in total. The van der Waals surface area contributed by atoms with Crippen molar-refractivity contribution in [2.75, 3.05) is 0 Å². The largest absolute Gasteiger partial charge is 0.350 e. The van der Waals surface area contributed by atoms with Crippen LogP contribution in [0.1, 0.15) is 0 Å². The summed E-state index contributed by atoms with van der Waals surface area (Å²) in [5, 5.41) is 1.96. The van der Waals surface area contributed by atoms with Gasteiger partial charge in [-0.2, -0.15) is 5.43 Å². The second-order valence-electron chi connectivity index (χ2n) is 0.567. The number of amides is 2. The monoisotopic (exact) mass is 284 g/mol. The van der Waals surface area contributed by atoms with Gasteiger partial charge in [-0.15, -0.1) is 4.91 Å². The number of primary amides is 1. The number of hydrogen-bond donors (Lipinski definition) is 2. The van der Waals surface area contributed by atoms with Crippen LogP contribution in [0.4, 0.5) is 4.79 Å². The van der Waals surface area contributed by atoms with Crippen molar-refractivity contribution in [3.8, 4) is 0 Å². The molecule has 0 aromatic carbocycles. The molecule has 0 saturated carbocycles. The van der Waals surface area contributed by atoms with Crippen molar-refractivity contribution in [1.29, 1.82) is 0 Å². The van der Waals surface area contributed by atoms with Crippen molar-refractivity contribution in [1.82, 2.24) is 5.43 Å². The smallest absolute Gasteiger partial charge is 0.335 e. The third-order valence-corrected chi connectivity index (χ3v) is 0.156. The van der Waals surface area contributed by atoms with E-state index in [4.69, 9.17) is 4.91 Å². The molecule has 0 saturated heterocycles. The maximum atomic E-state index is 9.42. The second-order valence-corrected chi connectivity index (χ2v) is 0.567. The molecule has 5 nitrogen and oxygen atoms in total. The van der Waals surface area contributed by atoms with Crippen LogP contribution in [0, 0.1) is 4.91 Å². The molecule has 7 heavy (non-hydrogen) atoms. The fraction of sp³-hybridized carbons (Fsp3) is 0. The van der Waals surface area contributed by atoms with Gasteiger partial charge in [0.2, 0.25) is 0 Å². The molecule has 44 valence electrons. The van der Waals surface area contributed by atoms with Gasteiger partial charge in [-0.05, 0) is 0 Å². The van der Waals surface area contributed by atoms with E-state index in [1.807, 2.05) is 5.29 Å². The second kappa shape index (κ2) is 5.56. The standard InChI is InChI=1S/CH3N3O2.Pt/c2-1(5)3-4-6;/h(H3,2,3,5,6);. The Labute approximate surface area is 53.8 Å². The maximum Gasteiger partial charge on any atom is 0.335 e. The minimum atomic E-state index is -0.940. The first-order valence-electron chi connectivity index (χ1n) is 1.15. The Bertz CT molecular complexity index is 73.3. The quantitative estimate of drug-likeness (QED) is 0.494. The molecule has 0 aliphatic heterocycles. The van der Waals surface area contributed by atoms with Crippen LogP contribution in [0.3, 0.4) is 0 Å². The summed E-state index contributed by atoms with van der Waals surface area (Å²) < 4.78 is 0. The number of nitrogens with one attached hydrogen (secondary N) is 1. The molecule has 0 spiro atoms. The van der Waals surface area contributed by atoms with Crippen LogP contribution in [0.2, 0.25) is 0 Å². The minimum absolute atomic E-state index is 0. The van der Waals surface area contributed by atoms with Gasteiger partial charge in [0.05, 0.1) is 5.29 Å². The predicted molar refractivity (Wildman–Crippen MR) is 18.5 cm³/mol. The molecule has 0 aliphatic rings. The number of nitrogens with two attached hydrogens (primary N) is 1. The maximum absolute atomic E-state index is 9.42. The molecular weight excluding hydrogens is 281 g/mol. The van der Waals surface area contributed by atoms with E-state index < -0.39 is 6.03 Å². The number of nitroso groups, excluding NO2 is 1. The predicted octanol–water partition coefficient (Wildman–Crippen LogP) is -0.666. The van der Waals surface area contributed by atoms with E-state index in [0.717, 1.165) is 0 Å². The molecule has 0 rings (SSSR count). The average Bonchev–Trinajstić information content (AvgIpc) is 1.35. The molecule has 6 heteroatoms. The van der Waals surface area contributed by atoms with Gasteiger partial charge in [-0.25, -0.2) is 4.79 Å². The van der Waals surface area contributed by atoms with E-state index in [1.165, 1.54) is 5.43 Å². The van der Waals surface area contributed by atoms with Gasteiger partial charge < -0.3 is 5.73 Å². The summed E-state index contributed by atoms with van der Waals surface area (Å²) in [5.74, 6) is 0. The van der Waals surface area contributed by atoms with E-state index in [0.29, 0.717) is 0 Å². The van der Waals surface area contributed by atoms with Gasteiger partial charge in [-0.1, -0.05) is 0 Å². The van der Waals surface area contributed by atoms with Crippen LogP contribution in [-0.4, -0.2) is 6.03 Å². The summed E-state index contributed by atoms with van der Waals surface area (Å²) in [6, 6.07) is -0.940. The van der Waals surface area contributed by atoms with E-state index >= 15 is 0 Å².